The number of nitrogens with two attached hydrogens (primary N) is 1. The number of hydrogen-bond donors (Lipinski definition) is 2. The Morgan fingerprint density at radius 3 is 2.57 bits per heavy atom. The summed E-state index contributed by atoms with van der Waals surface area (Å²) in [6.45, 7) is 1.95. The zero-order valence-electron chi connectivity index (χ0n) is 12.3. The van der Waals surface area contributed by atoms with E-state index in [4.69, 9.17) is 17.3 Å². The average molecular weight is 304 g/mol. The molecule has 0 atom stereocenters. The van der Waals surface area contributed by atoms with Crippen molar-refractivity contribution in [2.24, 2.45) is 0 Å². The molecule has 2 aromatic carbocycles. The maximum Gasteiger partial charge on any atom is 0.255 e. The summed E-state index contributed by atoms with van der Waals surface area (Å²) < 4.78 is 0. The van der Waals surface area contributed by atoms with Gasteiger partial charge < -0.3 is 16.0 Å². The zero-order valence-corrected chi connectivity index (χ0v) is 13.0. The maximum absolute atomic E-state index is 12.2. The summed E-state index contributed by atoms with van der Waals surface area (Å²) in [5.41, 5.74) is 9.38. The molecule has 21 heavy (non-hydrogen) atoms. The third-order valence-electron chi connectivity index (χ3n) is 3.16. The summed E-state index contributed by atoms with van der Waals surface area (Å²) in [5, 5.41) is 3.82. The lowest BCUT2D eigenvalue weighted by Gasteiger charge is -2.17. The molecule has 1 amide bonds. The Hall–Kier alpha value is -2.20. The number of anilines is 3. The van der Waals surface area contributed by atoms with Gasteiger partial charge in [-0.3, -0.25) is 4.79 Å². The fourth-order valence-electron chi connectivity index (χ4n) is 2.02. The van der Waals surface area contributed by atoms with Crippen molar-refractivity contribution >= 4 is 34.6 Å². The van der Waals surface area contributed by atoms with Crippen molar-refractivity contribution in [2.75, 3.05) is 25.1 Å². The summed E-state index contributed by atoms with van der Waals surface area (Å²) in [5.74, 6) is -0.0952. The Morgan fingerprint density at radius 1 is 1.24 bits per heavy atom. The van der Waals surface area contributed by atoms with Crippen LogP contribution in [0.3, 0.4) is 0 Å². The van der Waals surface area contributed by atoms with E-state index in [1.54, 1.807) is 38.4 Å². The monoisotopic (exact) mass is 303 g/mol. The second-order valence-corrected chi connectivity index (χ2v) is 5.47. The van der Waals surface area contributed by atoms with Gasteiger partial charge in [0.25, 0.3) is 5.91 Å². The van der Waals surface area contributed by atoms with Crippen LogP contribution in [0.5, 0.6) is 0 Å². The summed E-state index contributed by atoms with van der Waals surface area (Å²) in [6, 6.07) is 10.8. The van der Waals surface area contributed by atoms with Crippen LogP contribution in [0.2, 0.25) is 5.02 Å². The molecule has 0 unspecified atom stereocenters. The van der Waals surface area contributed by atoms with Crippen LogP contribution in [0.1, 0.15) is 15.9 Å². The highest BCUT2D eigenvalue weighted by atomic mass is 35.5. The molecule has 0 aromatic heterocycles. The lowest BCUT2D eigenvalue weighted by molar-refractivity contribution is 0.0828. The van der Waals surface area contributed by atoms with Crippen LogP contribution in [0.4, 0.5) is 17.1 Å². The van der Waals surface area contributed by atoms with Gasteiger partial charge in [-0.05, 0) is 36.8 Å². The van der Waals surface area contributed by atoms with Crippen LogP contribution in [-0.2, 0) is 0 Å². The number of nitrogens with one attached hydrogen (secondary N) is 1. The van der Waals surface area contributed by atoms with Crippen molar-refractivity contribution < 1.29 is 4.79 Å². The van der Waals surface area contributed by atoms with Crippen molar-refractivity contribution in [2.45, 2.75) is 6.92 Å². The molecule has 5 heteroatoms. The minimum absolute atomic E-state index is 0.0952. The van der Waals surface area contributed by atoms with E-state index in [2.05, 4.69) is 5.32 Å². The first-order chi connectivity index (χ1) is 9.90. The molecular weight excluding hydrogens is 286 g/mol. The Kier molecular flexibility index (Phi) is 4.38. The topological polar surface area (TPSA) is 58.4 Å². The Bertz CT molecular complexity index is 663. The Balaban J connectivity index is 2.48. The Labute approximate surface area is 129 Å². The summed E-state index contributed by atoms with van der Waals surface area (Å²) in [6.07, 6.45) is 0. The third kappa shape index (κ3) is 3.28. The molecule has 110 valence electrons. The van der Waals surface area contributed by atoms with Crippen LogP contribution in [0, 0.1) is 6.92 Å². The van der Waals surface area contributed by atoms with Crippen LogP contribution < -0.4 is 11.1 Å². The zero-order chi connectivity index (χ0) is 15.6. The van der Waals surface area contributed by atoms with E-state index in [1.165, 1.54) is 4.90 Å². The van der Waals surface area contributed by atoms with Crippen molar-refractivity contribution in [3.63, 3.8) is 0 Å². The molecule has 3 N–H and O–H groups in total. The van der Waals surface area contributed by atoms with E-state index in [0.29, 0.717) is 22.0 Å². The van der Waals surface area contributed by atoms with Gasteiger partial charge >= 0.3 is 0 Å². The molecule has 0 saturated heterocycles. The van der Waals surface area contributed by atoms with Crippen molar-refractivity contribution in [1.29, 1.82) is 0 Å². The molecule has 4 nitrogen and oxygen atoms in total. The first-order valence-electron chi connectivity index (χ1n) is 6.53. The van der Waals surface area contributed by atoms with Crippen molar-refractivity contribution in [1.82, 2.24) is 4.90 Å². The molecule has 0 spiro atoms. The van der Waals surface area contributed by atoms with Gasteiger partial charge in [-0.1, -0.05) is 23.7 Å². The largest absolute Gasteiger partial charge is 0.399 e. The number of nitrogens with zero attached hydrogens (tertiary/aromatic N) is 1. The molecule has 0 aliphatic rings. The van der Waals surface area contributed by atoms with Gasteiger partial charge in [-0.15, -0.1) is 0 Å². The van der Waals surface area contributed by atoms with Gasteiger partial charge in [0.15, 0.2) is 0 Å². The molecule has 2 aromatic rings. The molecule has 2 rings (SSSR count). The number of nitrogen functional groups attached to an aromatic ring is 1. The average Bonchev–Trinajstić information content (AvgIpc) is 2.42. The van der Waals surface area contributed by atoms with Gasteiger partial charge in [0, 0.05) is 19.8 Å². The van der Waals surface area contributed by atoms with E-state index >= 15 is 0 Å². The van der Waals surface area contributed by atoms with E-state index in [-0.39, 0.29) is 5.91 Å². The number of carbonyl (C=O) groups is 1. The standard InChI is InChI=1S/C16H18ClN3O/c1-10-5-4-6-13(17)15(10)19-14-9-11(18)7-8-12(14)16(21)20(2)3/h4-9,19H,18H2,1-3H3. The molecule has 0 radical (unpaired) electrons. The first kappa shape index (κ1) is 15.2. The number of benzene rings is 2. The highest BCUT2D eigenvalue weighted by Crippen LogP contribution is 2.31. The second kappa shape index (κ2) is 6.06. The van der Waals surface area contributed by atoms with Gasteiger partial charge in [-0.2, -0.15) is 0 Å². The van der Waals surface area contributed by atoms with Gasteiger partial charge in [0.05, 0.1) is 22.0 Å². The van der Waals surface area contributed by atoms with E-state index in [9.17, 15) is 4.79 Å². The molecule has 0 saturated carbocycles. The number of aryl methyl sites for hydroxylation is 1. The lowest BCUT2D eigenvalue weighted by Crippen LogP contribution is -2.22. The predicted molar refractivity (Wildman–Crippen MR) is 88.3 cm³/mol. The fraction of sp³-hybridized carbons (Fsp3) is 0.188. The molecule has 0 aliphatic heterocycles. The normalized spacial score (nSPS) is 10.3. The maximum atomic E-state index is 12.2. The van der Waals surface area contributed by atoms with Crippen LogP contribution in [0.15, 0.2) is 36.4 Å². The van der Waals surface area contributed by atoms with Gasteiger partial charge in [0.1, 0.15) is 0 Å². The Morgan fingerprint density at radius 2 is 1.95 bits per heavy atom. The lowest BCUT2D eigenvalue weighted by atomic mass is 10.1. The number of carbonyl (C=O) groups excluding carboxylic acids is 1. The van der Waals surface area contributed by atoms with E-state index in [0.717, 1.165) is 11.3 Å². The molecule has 0 aliphatic carbocycles. The summed E-state index contributed by atoms with van der Waals surface area (Å²) in [7, 11) is 3.42. The highest BCUT2D eigenvalue weighted by Gasteiger charge is 2.15. The number of halogens is 1. The summed E-state index contributed by atoms with van der Waals surface area (Å²) >= 11 is 6.22. The highest BCUT2D eigenvalue weighted by molar-refractivity contribution is 6.33. The SMILES string of the molecule is Cc1cccc(Cl)c1Nc1cc(N)ccc1C(=O)N(C)C. The molecule has 0 fully saturated rings. The van der Waals surface area contributed by atoms with Gasteiger partial charge in [0.2, 0.25) is 0 Å². The molecule has 0 bridgehead atoms. The third-order valence-corrected chi connectivity index (χ3v) is 3.48. The fourth-order valence-corrected chi connectivity index (χ4v) is 2.29. The first-order valence-corrected chi connectivity index (χ1v) is 6.91. The smallest absolute Gasteiger partial charge is 0.255 e. The summed E-state index contributed by atoms with van der Waals surface area (Å²) in [4.78, 5) is 13.8. The van der Waals surface area contributed by atoms with Crippen LogP contribution >= 0.6 is 11.6 Å². The molecule has 0 heterocycles. The minimum atomic E-state index is -0.0952. The van der Waals surface area contributed by atoms with E-state index < -0.39 is 0 Å². The van der Waals surface area contributed by atoms with Gasteiger partial charge in [-0.25, -0.2) is 0 Å². The second-order valence-electron chi connectivity index (χ2n) is 5.06. The van der Waals surface area contributed by atoms with Crippen LogP contribution in [-0.4, -0.2) is 24.9 Å². The number of rotatable bonds is 3. The van der Waals surface area contributed by atoms with Crippen LogP contribution in [0.25, 0.3) is 0 Å². The van der Waals surface area contributed by atoms with E-state index in [1.807, 2.05) is 19.1 Å². The predicted octanol–water partition coefficient (Wildman–Crippen LogP) is 3.68. The molecular formula is C16H18ClN3O. The number of para-hydroxylation sites is 1. The number of hydrogen-bond acceptors (Lipinski definition) is 3. The number of amides is 1. The minimum Gasteiger partial charge on any atom is -0.399 e. The van der Waals surface area contributed by atoms with Crippen molar-refractivity contribution in [3.8, 4) is 0 Å². The quantitative estimate of drug-likeness (QED) is 0.850. The van der Waals surface area contributed by atoms with Crippen molar-refractivity contribution in [3.05, 3.63) is 52.5 Å².